The first-order valence-electron chi connectivity index (χ1n) is 6.33. The fraction of sp³-hybridized carbons (Fsp3) is 0.133. The van der Waals surface area contributed by atoms with E-state index in [-0.39, 0.29) is 5.91 Å². The monoisotopic (exact) mass is 266 g/mol. The van der Waals surface area contributed by atoms with Crippen LogP contribution in [0.3, 0.4) is 0 Å². The molecule has 0 saturated heterocycles. The summed E-state index contributed by atoms with van der Waals surface area (Å²) in [4.78, 5) is 16.1. The second-order valence-electron chi connectivity index (χ2n) is 4.61. The van der Waals surface area contributed by atoms with Gasteiger partial charge in [-0.15, -0.1) is 0 Å². The van der Waals surface area contributed by atoms with Gasteiger partial charge < -0.3 is 5.32 Å². The van der Waals surface area contributed by atoms with E-state index in [1.807, 2.05) is 37.5 Å². The van der Waals surface area contributed by atoms with Crippen molar-refractivity contribution < 1.29 is 4.79 Å². The van der Waals surface area contributed by atoms with E-state index in [0.717, 1.165) is 16.5 Å². The van der Waals surface area contributed by atoms with Gasteiger partial charge in [0.15, 0.2) is 0 Å². The number of rotatable bonds is 3. The highest BCUT2D eigenvalue weighted by atomic mass is 16.1. The SMILES string of the molecule is Cn1cc2ccc(C(=O)NCc3ccncc3)cc2n1. The number of hydrogen-bond donors (Lipinski definition) is 1. The molecule has 0 spiro atoms. The van der Waals surface area contributed by atoms with Crippen molar-refractivity contribution in [1.82, 2.24) is 20.1 Å². The van der Waals surface area contributed by atoms with Crippen LogP contribution in [0.5, 0.6) is 0 Å². The van der Waals surface area contributed by atoms with Gasteiger partial charge in [-0.05, 0) is 29.8 Å². The predicted octanol–water partition coefficient (Wildman–Crippen LogP) is 1.90. The zero-order valence-corrected chi connectivity index (χ0v) is 11.1. The lowest BCUT2D eigenvalue weighted by molar-refractivity contribution is 0.0951. The van der Waals surface area contributed by atoms with E-state index in [1.54, 1.807) is 23.1 Å². The Morgan fingerprint density at radius 3 is 2.85 bits per heavy atom. The Kier molecular flexibility index (Phi) is 3.16. The number of benzene rings is 1. The standard InChI is InChI=1S/C15H14N4O/c1-19-10-13-3-2-12(8-14(13)18-19)15(20)17-9-11-4-6-16-7-5-11/h2-8,10H,9H2,1H3,(H,17,20). The highest BCUT2D eigenvalue weighted by Crippen LogP contribution is 2.14. The summed E-state index contributed by atoms with van der Waals surface area (Å²) in [7, 11) is 1.86. The van der Waals surface area contributed by atoms with Gasteiger partial charge in [-0.1, -0.05) is 6.07 Å². The number of fused-ring (bicyclic) bond motifs is 1. The van der Waals surface area contributed by atoms with E-state index >= 15 is 0 Å². The first kappa shape index (κ1) is 12.3. The summed E-state index contributed by atoms with van der Waals surface area (Å²) in [6, 6.07) is 9.28. The van der Waals surface area contributed by atoms with E-state index in [4.69, 9.17) is 0 Å². The Balaban J connectivity index is 1.75. The second-order valence-corrected chi connectivity index (χ2v) is 4.61. The second kappa shape index (κ2) is 5.13. The number of amides is 1. The molecule has 2 heterocycles. The van der Waals surface area contributed by atoms with Crippen LogP contribution < -0.4 is 5.32 Å². The number of nitrogens with zero attached hydrogens (tertiary/aromatic N) is 3. The molecule has 0 fully saturated rings. The van der Waals surface area contributed by atoms with Crippen LogP contribution in [0.25, 0.3) is 10.9 Å². The van der Waals surface area contributed by atoms with Crippen LogP contribution in [0.2, 0.25) is 0 Å². The Morgan fingerprint density at radius 2 is 2.05 bits per heavy atom. The van der Waals surface area contributed by atoms with Gasteiger partial charge in [0.05, 0.1) is 5.52 Å². The lowest BCUT2D eigenvalue weighted by atomic mass is 10.1. The molecule has 0 saturated carbocycles. The average molecular weight is 266 g/mol. The van der Waals surface area contributed by atoms with Gasteiger partial charge in [0.1, 0.15) is 0 Å². The Hall–Kier alpha value is -2.69. The van der Waals surface area contributed by atoms with E-state index in [9.17, 15) is 4.79 Å². The van der Waals surface area contributed by atoms with Gasteiger partial charge in [-0.3, -0.25) is 14.5 Å². The average Bonchev–Trinajstić information content (AvgIpc) is 2.85. The summed E-state index contributed by atoms with van der Waals surface area (Å²) in [5, 5.41) is 8.21. The molecule has 20 heavy (non-hydrogen) atoms. The summed E-state index contributed by atoms with van der Waals surface area (Å²) in [5.41, 5.74) is 2.46. The minimum absolute atomic E-state index is 0.102. The fourth-order valence-electron chi connectivity index (χ4n) is 2.07. The van der Waals surface area contributed by atoms with Gasteiger partial charge >= 0.3 is 0 Å². The van der Waals surface area contributed by atoms with Crippen molar-refractivity contribution in [3.63, 3.8) is 0 Å². The van der Waals surface area contributed by atoms with Crippen LogP contribution in [-0.2, 0) is 13.6 Å². The minimum atomic E-state index is -0.102. The number of carbonyl (C=O) groups is 1. The van der Waals surface area contributed by atoms with E-state index in [0.29, 0.717) is 12.1 Å². The van der Waals surface area contributed by atoms with Gasteiger partial charge in [0, 0.05) is 43.1 Å². The van der Waals surface area contributed by atoms with Crippen molar-refractivity contribution in [3.05, 3.63) is 60.0 Å². The normalized spacial score (nSPS) is 10.7. The molecule has 1 aromatic carbocycles. The lowest BCUT2D eigenvalue weighted by Crippen LogP contribution is -2.22. The van der Waals surface area contributed by atoms with Crippen molar-refractivity contribution in [3.8, 4) is 0 Å². The van der Waals surface area contributed by atoms with E-state index < -0.39 is 0 Å². The van der Waals surface area contributed by atoms with Gasteiger partial charge in [-0.25, -0.2) is 0 Å². The lowest BCUT2D eigenvalue weighted by Gasteiger charge is -2.05. The number of aryl methyl sites for hydroxylation is 1. The summed E-state index contributed by atoms with van der Waals surface area (Å²) in [6.07, 6.45) is 5.34. The number of nitrogens with one attached hydrogen (secondary N) is 1. The molecule has 2 aromatic heterocycles. The smallest absolute Gasteiger partial charge is 0.251 e. The zero-order valence-electron chi connectivity index (χ0n) is 11.1. The van der Waals surface area contributed by atoms with Crippen LogP contribution in [0.1, 0.15) is 15.9 Å². The molecule has 0 atom stereocenters. The molecule has 3 rings (SSSR count). The largest absolute Gasteiger partial charge is 0.348 e. The highest BCUT2D eigenvalue weighted by molar-refractivity contribution is 5.97. The van der Waals surface area contributed by atoms with Crippen LogP contribution in [-0.4, -0.2) is 20.7 Å². The molecule has 1 N–H and O–H groups in total. The van der Waals surface area contributed by atoms with Crippen LogP contribution >= 0.6 is 0 Å². The van der Waals surface area contributed by atoms with Crippen molar-refractivity contribution in [2.45, 2.75) is 6.54 Å². The predicted molar refractivity (Wildman–Crippen MR) is 76.1 cm³/mol. The van der Waals surface area contributed by atoms with Gasteiger partial charge in [0.25, 0.3) is 5.91 Å². The maximum Gasteiger partial charge on any atom is 0.251 e. The minimum Gasteiger partial charge on any atom is -0.348 e. The van der Waals surface area contributed by atoms with Crippen molar-refractivity contribution in [2.75, 3.05) is 0 Å². The molecule has 0 unspecified atom stereocenters. The molecule has 5 heteroatoms. The first-order chi connectivity index (χ1) is 9.72. The topological polar surface area (TPSA) is 59.8 Å². The van der Waals surface area contributed by atoms with E-state index in [1.165, 1.54) is 0 Å². The van der Waals surface area contributed by atoms with Crippen molar-refractivity contribution in [2.24, 2.45) is 7.05 Å². The van der Waals surface area contributed by atoms with Crippen LogP contribution in [0, 0.1) is 0 Å². The number of hydrogen-bond acceptors (Lipinski definition) is 3. The molecule has 100 valence electrons. The molecule has 5 nitrogen and oxygen atoms in total. The Labute approximate surface area is 116 Å². The molecule has 0 aliphatic heterocycles. The quantitative estimate of drug-likeness (QED) is 0.787. The molecule has 0 aliphatic carbocycles. The number of carbonyl (C=O) groups excluding carboxylic acids is 1. The van der Waals surface area contributed by atoms with Crippen molar-refractivity contribution >= 4 is 16.8 Å². The Bertz CT molecular complexity index is 749. The zero-order chi connectivity index (χ0) is 13.9. The third-order valence-corrected chi connectivity index (χ3v) is 3.09. The number of pyridine rings is 1. The molecular weight excluding hydrogens is 252 g/mol. The summed E-state index contributed by atoms with van der Waals surface area (Å²) in [5.74, 6) is -0.102. The maximum absolute atomic E-state index is 12.1. The van der Waals surface area contributed by atoms with Gasteiger partial charge in [-0.2, -0.15) is 5.10 Å². The summed E-state index contributed by atoms with van der Waals surface area (Å²) in [6.45, 7) is 0.488. The maximum atomic E-state index is 12.1. The summed E-state index contributed by atoms with van der Waals surface area (Å²) < 4.78 is 1.74. The molecule has 0 radical (unpaired) electrons. The fourth-order valence-corrected chi connectivity index (χ4v) is 2.07. The summed E-state index contributed by atoms with van der Waals surface area (Å²) >= 11 is 0. The van der Waals surface area contributed by atoms with Crippen molar-refractivity contribution in [1.29, 1.82) is 0 Å². The van der Waals surface area contributed by atoms with Crippen LogP contribution in [0.15, 0.2) is 48.9 Å². The van der Waals surface area contributed by atoms with E-state index in [2.05, 4.69) is 15.4 Å². The molecule has 0 bridgehead atoms. The Morgan fingerprint density at radius 1 is 1.25 bits per heavy atom. The molecular formula is C15H14N4O. The first-order valence-corrected chi connectivity index (χ1v) is 6.33. The third-order valence-electron chi connectivity index (χ3n) is 3.09. The molecule has 3 aromatic rings. The third kappa shape index (κ3) is 2.51. The van der Waals surface area contributed by atoms with Gasteiger partial charge in [0.2, 0.25) is 0 Å². The van der Waals surface area contributed by atoms with Crippen LogP contribution in [0.4, 0.5) is 0 Å². The molecule has 1 amide bonds. The molecule has 0 aliphatic rings. The highest BCUT2D eigenvalue weighted by Gasteiger charge is 2.07. The number of aromatic nitrogens is 3.